The standard InChI is InChI=1S/C26H29ClN2O3S/c1-18-14-20(3)26(21(4)15-18)33(31,32)29(13-12-22-8-6-5-7-9-22)17-25(30)28-24-16-23(27)11-10-19(24)2/h5-11,14-16H,12-13,17H2,1-4H3,(H,28,30). The van der Waals surface area contributed by atoms with Crippen LogP contribution < -0.4 is 5.32 Å². The lowest BCUT2D eigenvalue weighted by Gasteiger charge is -2.24. The first kappa shape index (κ1) is 25.0. The van der Waals surface area contributed by atoms with E-state index in [9.17, 15) is 13.2 Å². The molecule has 0 aromatic heterocycles. The summed E-state index contributed by atoms with van der Waals surface area (Å²) in [5.74, 6) is -0.417. The van der Waals surface area contributed by atoms with Crippen molar-refractivity contribution in [2.45, 2.75) is 39.0 Å². The SMILES string of the molecule is Cc1cc(C)c(S(=O)(=O)N(CCc2ccccc2)CC(=O)Nc2cc(Cl)ccc2C)c(C)c1. The van der Waals surface area contributed by atoms with Crippen molar-refractivity contribution in [2.24, 2.45) is 0 Å². The monoisotopic (exact) mass is 484 g/mol. The number of carbonyl (C=O) groups is 1. The molecule has 5 nitrogen and oxygen atoms in total. The maximum atomic E-state index is 13.7. The molecule has 3 aromatic rings. The molecule has 0 atom stereocenters. The topological polar surface area (TPSA) is 66.5 Å². The smallest absolute Gasteiger partial charge is 0.244 e. The number of halogens is 1. The number of rotatable bonds is 8. The molecule has 0 saturated heterocycles. The summed E-state index contributed by atoms with van der Waals surface area (Å²) in [5.41, 5.74) is 4.74. The van der Waals surface area contributed by atoms with Crippen LogP contribution in [0.4, 0.5) is 5.69 Å². The summed E-state index contributed by atoms with van der Waals surface area (Å²) in [7, 11) is -3.91. The Balaban J connectivity index is 1.92. The molecule has 3 rings (SSSR count). The third kappa shape index (κ3) is 6.22. The summed E-state index contributed by atoms with van der Waals surface area (Å²) in [6, 6.07) is 18.5. The molecule has 0 unspecified atom stereocenters. The Bertz CT molecular complexity index is 1230. The zero-order valence-corrected chi connectivity index (χ0v) is 20.9. The quantitative estimate of drug-likeness (QED) is 0.462. The van der Waals surface area contributed by atoms with E-state index >= 15 is 0 Å². The van der Waals surface area contributed by atoms with Crippen molar-refractivity contribution in [1.82, 2.24) is 4.31 Å². The lowest BCUT2D eigenvalue weighted by atomic mass is 10.1. The second-order valence-corrected chi connectivity index (χ2v) is 10.6. The maximum Gasteiger partial charge on any atom is 0.244 e. The number of aryl methyl sites for hydroxylation is 4. The predicted octanol–water partition coefficient (Wildman–Crippen LogP) is 5.45. The second-order valence-electron chi connectivity index (χ2n) is 8.31. The van der Waals surface area contributed by atoms with E-state index in [4.69, 9.17) is 11.6 Å². The molecule has 0 spiro atoms. The summed E-state index contributed by atoms with van der Waals surface area (Å²) in [6.07, 6.45) is 0.494. The molecule has 33 heavy (non-hydrogen) atoms. The highest BCUT2D eigenvalue weighted by atomic mass is 35.5. The van der Waals surface area contributed by atoms with Gasteiger partial charge < -0.3 is 5.32 Å². The number of nitrogens with one attached hydrogen (secondary N) is 1. The van der Waals surface area contributed by atoms with Crippen LogP contribution in [0.3, 0.4) is 0 Å². The number of anilines is 1. The molecule has 0 heterocycles. The molecule has 0 bridgehead atoms. The van der Waals surface area contributed by atoms with E-state index in [-0.39, 0.29) is 18.0 Å². The van der Waals surface area contributed by atoms with Crippen LogP contribution in [-0.4, -0.2) is 31.7 Å². The van der Waals surface area contributed by atoms with Gasteiger partial charge in [0.15, 0.2) is 0 Å². The van der Waals surface area contributed by atoms with E-state index in [0.717, 1.165) is 16.7 Å². The van der Waals surface area contributed by atoms with Crippen LogP contribution in [0.2, 0.25) is 5.02 Å². The molecule has 0 radical (unpaired) electrons. The lowest BCUT2D eigenvalue weighted by Crippen LogP contribution is -2.40. The van der Waals surface area contributed by atoms with Gasteiger partial charge in [-0.3, -0.25) is 4.79 Å². The van der Waals surface area contributed by atoms with Gasteiger partial charge in [0.1, 0.15) is 0 Å². The molecule has 1 N–H and O–H groups in total. The van der Waals surface area contributed by atoms with Gasteiger partial charge in [-0.05, 0) is 68.5 Å². The highest BCUT2D eigenvalue weighted by Crippen LogP contribution is 2.26. The van der Waals surface area contributed by atoms with Gasteiger partial charge in [0.05, 0.1) is 11.4 Å². The van der Waals surface area contributed by atoms with Gasteiger partial charge in [-0.15, -0.1) is 0 Å². The zero-order valence-electron chi connectivity index (χ0n) is 19.4. The lowest BCUT2D eigenvalue weighted by molar-refractivity contribution is -0.116. The number of nitrogens with zero attached hydrogens (tertiary/aromatic N) is 1. The molecular weight excluding hydrogens is 456 g/mol. The normalized spacial score (nSPS) is 11.6. The Morgan fingerprint density at radius 1 is 0.909 bits per heavy atom. The molecule has 3 aromatic carbocycles. The van der Waals surface area contributed by atoms with Gasteiger partial charge in [0.25, 0.3) is 0 Å². The van der Waals surface area contributed by atoms with Crippen LogP contribution >= 0.6 is 11.6 Å². The Morgan fingerprint density at radius 3 is 2.18 bits per heavy atom. The third-order valence-electron chi connectivity index (χ3n) is 5.49. The Morgan fingerprint density at radius 2 is 1.55 bits per heavy atom. The molecular formula is C26H29ClN2O3S. The minimum atomic E-state index is -3.91. The van der Waals surface area contributed by atoms with Crippen LogP contribution in [0.15, 0.2) is 65.6 Å². The number of hydrogen-bond donors (Lipinski definition) is 1. The van der Waals surface area contributed by atoms with Crippen molar-refractivity contribution in [3.05, 3.63) is 93.5 Å². The molecule has 0 aliphatic rings. The second kappa shape index (κ2) is 10.5. The first-order chi connectivity index (χ1) is 15.6. The minimum absolute atomic E-state index is 0.182. The molecule has 174 valence electrons. The molecule has 1 amide bonds. The van der Waals surface area contributed by atoms with Crippen molar-refractivity contribution in [2.75, 3.05) is 18.4 Å². The van der Waals surface area contributed by atoms with Crippen LogP contribution in [0.5, 0.6) is 0 Å². The van der Waals surface area contributed by atoms with Crippen LogP contribution in [0.1, 0.15) is 27.8 Å². The van der Waals surface area contributed by atoms with E-state index < -0.39 is 15.9 Å². The van der Waals surface area contributed by atoms with Gasteiger partial charge in [-0.2, -0.15) is 4.31 Å². The van der Waals surface area contributed by atoms with Gasteiger partial charge >= 0.3 is 0 Å². The zero-order chi connectivity index (χ0) is 24.2. The van der Waals surface area contributed by atoms with Gasteiger partial charge in [-0.25, -0.2) is 8.42 Å². The molecule has 0 aliphatic carbocycles. The fourth-order valence-corrected chi connectivity index (χ4v) is 5.95. The van der Waals surface area contributed by atoms with Crippen molar-refractivity contribution >= 4 is 33.2 Å². The fraction of sp³-hybridized carbons (Fsp3) is 0.269. The van der Waals surface area contributed by atoms with Gasteiger partial charge in [0.2, 0.25) is 15.9 Å². The first-order valence-electron chi connectivity index (χ1n) is 10.8. The van der Waals surface area contributed by atoms with E-state index in [0.29, 0.717) is 28.3 Å². The van der Waals surface area contributed by atoms with Crippen LogP contribution in [0.25, 0.3) is 0 Å². The van der Waals surface area contributed by atoms with Crippen molar-refractivity contribution in [3.63, 3.8) is 0 Å². The molecule has 0 aliphatic heterocycles. The first-order valence-corrected chi connectivity index (χ1v) is 12.6. The van der Waals surface area contributed by atoms with Gasteiger partial charge in [0, 0.05) is 17.3 Å². The number of benzene rings is 3. The molecule has 0 fully saturated rings. The Labute approximate surface area is 201 Å². The van der Waals surface area contributed by atoms with Gasteiger partial charge in [-0.1, -0.05) is 65.7 Å². The third-order valence-corrected chi connectivity index (χ3v) is 7.88. The van der Waals surface area contributed by atoms with E-state index in [2.05, 4.69) is 5.32 Å². The highest BCUT2D eigenvalue weighted by molar-refractivity contribution is 7.89. The van der Waals surface area contributed by atoms with Crippen molar-refractivity contribution < 1.29 is 13.2 Å². The summed E-state index contributed by atoms with van der Waals surface area (Å²) < 4.78 is 28.7. The number of amides is 1. The molecule has 0 saturated carbocycles. The average molecular weight is 485 g/mol. The van der Waals surface area contributed by atoms with Crippen LogP contribution in [-0.2, 0) is 21.2 Å². The summed E-state index contributed by atoms with van der Waals surface area (Å²) in [4.78, 5) is 13.2. The summed E-state index contributed by atoms with van der Waals surface area (Å²) in [6.45, 7) is 7.25. The predicted molar refractivity (Wildman–Crippen MR) is 134 cm³/mol. The maximum absolute atomic E-state index is 13.7. The van der Waals surface area contributed by atoms with Crippen molar-refractivity contribution in [1.29, 1.82) is 0 Å². The Kier molecular flexibility index (Phi) is 7.95. The molecule has 7 heteroatoms. The summed E-state index contributed by atoms with van der Waals surface area (Å²) >= 11 is 6.07. The van der Waals surface area contributed by atoms with Crippen LogP contribution in [0, 0.1) is 27.7 Å². The van der Waals surface area contributed by atoms with E-state index in [1.165, 1.54) is 4.31 Å². The largest absolute Gasteiger partial charge is 0.325 e. The number of sulfonamides is 1. The van der Waals surface area contributed by atoms with E-state index in [1.807, 2.05) is 56.3 Å². The minimum Gasteiger partial charge on any atom is -0.325 e. The summed E-state index contributed by atoms with van der Waals surface area (Å²) in [5, 5.41) is 3.31. The average Bonchev–Trinajstić information content (AvgIpc) is 2.73. The number of carbonyl (C=O) groups excluding carboxylic acids is 1. The number of hydrogen-bond acceptors (Lipinski definition) is 3. The van der Waals surface area contributed by atoms with E-state index in [1.54, 1.807) is 32.0 Å². The van der Waals surface area contributed by atoms with Crippen molar-refractivity contribution in [3.8, 4) is 0 Å². The highest BCUT2D eigenvalue weighted by Gasteiger charge is 2.29. The Hall–Kier alpha value is -2.67. The fourth-order valence-electron chi connectivity index (χ4n) is 3.96.